The zero-order valence-electron chi connectivity index (χ0n) is 19.8. The van der Waals surface area contributed by atoms with Crippen molar-refractivity contribution in [3.63, 3.8) is 0 Å². The second-order valence-corrected chi connectivity index (χ2v) is 9.75. The summed E-state index contributed by atoms with van der Waals surface area (Å²) >= 11 is 0. The Bertz CT molecular complexity index is 1350. The van der Waals surface area contributed by atoms with E-state index in [0.717, 1.165) is 37.8 Å². The highest BCUT2D eigenvalue weighted by Gasteiger charge is 2.44. The molecule has 0 radical (unpaired) electrons. The maximum Gasteiger partial charge on any atom is 0.259 e. The number of hydrogen-bond acceptors (Lipinski definition) is 5. The van der Waals surface area contributed by atoms with Gasteiger partial charge in [0.2, 0.25) is 5.88 Å². The summed E-state index contributed by atoms with van der Waals surface area (Å²) in [5.41, 5.74) is 2.73. The van der Waals surface area contributed by atoms with Gasteiger partial charge >= 0.3 is 0 Å². The number of aromatic nitrogens is 3. The molecule has 5 heterocycles. The van der Waals surface area contributed by atoms with Crippen LogP contribution in [0.15, 0.2) is 73.3 Å². The van der Waals surface area contributed by atoms with E-state index in [4.69, 9.17) is 4.74 Å². The summed E-state index contributed by atoms with van der Waals surface area (Å²) in [6, 6.07) is 16.3. The fourth-order valence-electron chi connectivity index (χ4n) is 5.84. The molecule has 0 N–H and O–H groups in total. The Labute approximate surface area is 205 Å². The van der Waals surface area contributed by atoms with Crippen LogP contribution < -0.4 is 4.74 Å². The van der Waals surface area contributed by atoms with Crippen LogP contribution >= 0.6 is 0 Å². The summed E-state index contributed by atoms with van der Waals surface area (Å²) in [6.07, 6.45) is 12.4. The molecule has 6 nitrogen and oxygen atoms in total. The predicted octanol–water partition coefficient (Wildman–Crippen LogP) is 5.75. The molecule has 2 unspecified atom stereocenters. The first-order valence-electron chi connectivity index (χ1n) is 12.4. The third-order valence-corrected chi connectivity index (χ3v) is 7.42. The van der Waals surface area contributed by atoms with Gasteiger partial charge in [-0.1, -0.05) is 24.3 Å². The van der Waals surface area contributed by atoms with Crippen LogP contribution in [0.5, 0.6) is 11.6 Å². The molecule has 2 fully saturated rings. The van der Waals surface area contributed by atoms with Gasteiger partial charge in [-0.3, -0.25) is 14.8 Å². The second kappa shape index (κ2) is 9.10. The summed E-state index contributed by atoms with van der Waals surface area (Å²) < 4.78 is 5.98. The van der Waals surface area contributed by atoms with Crippen molar-refractivity contribution in [3.8, 4) is 11.6 Å². The van der Waals surface area contributed by atoms with E-state index in [1.165, 1.54) is 16.3 Å². The summed E-state index contributed by atoms with van der Waals surface area (Å²) in [4.78, 5) is 29.0. The van der Waals surface area contributed by atoms with Crippen molar-refractivity contribution in [2.45, 2.75) is 51.1 Å². The highest BCUT2D eigenvalue weighted by atomic mass is 16.5. The monoisotopic (exact) mass is 464 g/mol. The number of nitrogens with zero attached hydrogens (tertiary/aromatic N) is 4. The number of fused-ring (bicyclic) bond motifs is 3. The van der Waals surface area contributed by atoms with E-state index in [1.807, 2.05) is 37.5 Å². The molecule has 2 aliphatic rings. The Kier molecular flexibility index (Phi) is 5.64. The minimum absolute atomic E-state index is 0.0194. The quantitative estimate of drug-likeness (QED) is 0.376. The number of piperidine rings is 1. The third kappa shape index (κ3) is 4.25. The van der Waals surface area contributed by atoms with Gasteiger partial charge in [0, 0.05) is 41.8 Å². The SMILES string of the molecule is Cc1ccc(Oc2ncccc2C(=O)N2C3CCC2CC(Cc2cncc4ccccc24)C3)cn1. The molecule has 2 aliphatic heterocycles. The van der Waals surface area contributed by atoms with E-state index >= 15 is 0 Å². The molecule has 1 aromatic carbocycles. The Hall–Kier alpha value is -3.80. The van der Waals surface area contributed by atoms with Crippen molar-refractivity contribution in [1.29, 1.82) is 0 Å². The first-order valence-corrected chi connectivity index (χ1v) is 12.4. The predicted molar refractivity (Wildman–Crippen MR) is 134 cm³/mol. The van der Waals surface area contributed by atoms with Crippen molar-refractivity contribution in [1.82, 2.24) is 19.9 Å². The fraction of sp³-hybridized carbons (Fsp3) is 0.310. The molecule has 3 aromatic heterocycles. The molecule has 0 spiro atoms. The van der Waals surface area contributed by atoms with Gasteiger partial charge in [0.1, 0.15) is 11.3 Å². The van der Waals surface area contributed by atoms with E-state index in [1.54, 1.807) is 18.5 Å². The van der Waals surface area contributed by atoms with Crippen LogP contribution in [0.4, 0.5) is 0 Å². The lowest BCUT2D eigenvalue weighted by atomic mass is 9.85. The van der Waals surface area contributed by atoms with Crippen LogP contribution in [-0.4, -0.2) is 37.8 Å². The standard InChI is InChI=1S/C29H28N4O2/c1-19-8-11-25(18-32-19)35-28-27(7-4-12-31-28)29(34)33-23-9-10-24(33)15-20(14-23)13-22-17-30-16-21-5-2-3-6-26(21)22/h2-8,11-12,16-18,20,23-24H,9-10,13-15H2,1H3. The van der Waals surface area contributed by atoms with Gasteiger partial charge in [-0.2, -0.15) is 0 Å². The van der Waals surface area contributed by atoms with Gasteiger partial charge in [0.15, 0.2) is 0 Å². The molecule has 2 atom stereocenters. The normalized spacial score (nSPS) is 21.3. The van der Waals surface area contributed by atoms with E-state index in [2.05, 4.69) is 44.1 Å². The van der Waals surface area contributed by atoms with E-state index in [0.29, 0.717) is 23.1 Å². The van der Waals surface area contributed by atoms with E-state index in [9.17, 15) is 4.79 Å². The molecule has 1 amide bonds. The zero-order valence-corrected chi connectivity index (χ0v) is 19.8. The number of carbonyl (C=O) groups is 1. The molecule has 6 heteroatoms. The fourth-order valence-corrected chi connectivity index (χ4v) is 5.84. The number of pyridine rings is 3. The van der Waals surface area contributed by atoms with Crippen LogP contribution in [0.1, 0.15) is 47.3 Å². The number of aryl methyl sites for hydroxylation is 1. The van der Waals surface area contributed by atoms with Gasteiger partial charge in [-0.25, -0.2) is 4.98 Å². The molecule has 176 valence electrons. The van der Waals surface area contributed by atoms with Crippen molar-refractivity contribution < 1.29 is 9.53 Å². The lowest BCUT2D eigenvalue weighted by Gasteiger charge is -2.39. The Morgan fingerprint density at radius 2 is 1.80 bits per heavy atom. The minimum atomic E-state index is 0.0194. The van der Waals surface area contributed by atoms with Crippen molar-refractivity contribution >= 4 is 16.7 Å². The lowest BCUT2D eigenvalue weighted by molar-refractivity contribution is 0.0521. The molecule has 6 rings (SSSR count). The molecule has 0 saturated carbocycles. The average molecular weight is 465 g/mol. The Morgan fingerprint density at radius 3 is 2.60 bits per heavy atom. The molecule has 2 saturated heterocycles. The first kappa shape index (κ1) is 21.7. The number of hydrogen-bond donors (Lipinski definition) is 0. The molecular weight excluding hydrogens is 436 g/mol. The molecule has 35 heavy (non-hydrogen) atoms. The maximum absolute atomic E-state index is 13.7. The van der Waals surface area contributed by atoms with Gasteiger partial charge in [0.05, 0.1) is 6.20 Å². The van der Waals surface area contributed by atoms with E-state index < -0.39 is 0 Å². The van der Waals surface area contributed by atoms with Crippen LogP contribution in [0.2, 0.25) is 0 Å². The number of rotatable bonds is 5. The average Bonchev–Trinajstić information content (AvgIpc) is 3.15. The number of amides is 1. The minimum Gasteiger partial charge on any atom is -0.437 e. The maximum atomic E-state index is 13.7. The highest BCUT2D eigenvalue weighted by Crippen LogP contribution is 2.42. The van der Waals surface area contributed by atoms with Crippen LogP contribution in [-0.2, 0) is 6.42 Å². The largest absolute Gasteiger partial charge is 0.437 e. The topological polar surface area (TPSA) is 68.2 Å². The van der Waals surface area contributed by atoms with Gasteiger partial charge in [-0.15, -0.1) is 0 Å². The lowest BCUT2D eigenvalue weighted by Crippen LogP contribution is -2.47. The Morgan fingerprint density at radius 1 is 0.971 bits per heavy atom. The smallest absolute Gasteiger partial charge is 0.259 e. The first-order chi connectivity index (χ1) is 17.2. The highest BCUT2D eigenvalue weighted by molar-refractivity contribution is 5.97. The van der Waals surface area contributed by atoms with Crippen molar-refractivity contribution in [3.05, 3.63) is 90.1 Å². The summed E-state index contributed by atoms with van der Waals surface area (Å²) in [5.74, 6) is 1.48. The Balaban J connectivity index is 1.20. The third-order valence-electron chi connectivity index (χ3n) is 7.42. The number of ether oxygens (including phenoxy) is 1. The molecule has 2 bridgehead atoms. The van der Waals surface area contributed by atoms with Gasteiger partial charge < -0.3 is 9.64 Å². The van der Waals surface area contributed by atoms with E-state index in [-0.39, 0.29) is 18.0 Å². The summed E-state index contributed by atoms with van der Waals surface area (Å²) in [7, 11) is 0. The molecule has 4 aromatic rings. The molecular formula is C29H28N4O2. The number of benzene rings is 1. The number of carbonyl (C=O) groups excluding carboxylic acids is 1. The van der Waals surface area contributed by atoms with Crippen molar-refractivity contribution in [2.75, 3.05) is 0 Å². The van der Waals surface area contributed by atoms with Crippen LogP contribution in [0.3, 0.4) is 0 Å². The summed E-state index contributed by atoms with van der Waals surface area (Å²) in [5, 5.41) is 2.48. The van der Waals surface area contributed by atoms with Crippen LogP contribution in [0.25, 0.3) is 10.8 Å². The second-order valence-electron chi connectivity index (χ2n) is 9.75. The van der Waals surface area contributed by atoms with Crippen LogP contribution in [0, 0.1) is 12.8 Å². The molecule has 0 aliphatic carbocycles. The van der Waals surface area contributed by atoms with Crippen molar-refractivity contribution in [2.24, 2.45) is 5.92 Å². The zero-order chi connectivity index (χ0) is 23.8. The van der Waals surface area contributed by atoms with Gasteiger partial charge in [-0.05, 0) is 80.2 Å². The summed E-state index contributed by atoms with van der Waals surface area (Å²) in [6.45, 7) is 1.93. The van der Waals surface area contributed by atoms with Gasteiger partial charge in [0.25, 0.3) is 5.91 Å².